The molecule has 5 heteroatoms. The van der Waals surface area contributed by atoms with Gasteiger partial charge in [0.15, 0.2) is 0 Å². The van der Waals surface area contributed by atoms with Gasteiger partial charge in [0.25, 0.3) is 0 Å². The van der Waals surface area contributed by atoms with E-state index in [1.807, 2.05) is 11.6 Å². The largest absolute Gasteiger partial charge is 0.322 e. The Labute approximate surface area is 93.6 Å². The van der Waals surface area contributed by atoms with E-state index in [1.54, 1.807) is 6.20 Å². The lowest BCUT2D eigenvalue weighted by molar-refractivity contribution is -0.113. The minimum atomic E-state index is -0.187. The van der Waals surface area contributed by atoms with Gasteiger partial charge < -0.3 is 5.32 Å². The fourth-order valence-electron chi connectivity index (χ4n) is 1.73. The second kappa shape index (κ2) is 4.23. The van der Waals surface area contributed by atoms with Crippen LogP contribution in [-0.2, 0) is 4.79 Å². The topological polar surface area (TPSA) is 46.9 Å². The molecule has 15 heavy (non-hydrogen) atoms. The predicted molar refractivity (Wildman–Crippen MR) is 59.2 cm³/mol. The molecule has 1 aliphatic carbocycles. The summed E-state index contributed by atoms with van der Waals surface area (Å²) in [5, 5.41) is 7.01. The molecule has 1 fully saturated rings. The Kier molecular flexibility index (Phi) is 2.95. The zero-order valence-corrected chi connectivity index (χ0v) is 9.42. The number of nitrogens with one attached hydrogen (secondary N) is 1. The SMILES string of the molecule is Cc1c(NC(=O)CCl)cnn1C1CCC1. The van der Waals surface area contributed by atoms with Crippen molar-refractivity contribution in [2.24, 2.45) is 0 Å². The van der Waals surface area contributed by atoms with Gasteiger partial charge in [-0.05, 0) is 26.2 Å². The smallest absolute Gasteiger partial charge is 0.239 e. The molecule has 0 aliphatic heterocycles. The molecular weight excluding hydrogens is 214 g/mol. The summed E-state index contributed by atoms with van der Waals surface area (Å²) in [4.78, 5) is 11.1. The zero-order chi connectivity index (χ0) is 10.8. The lowest BCUT2D eigenvalue weighted by atomic mass is 9.93. The van der Waals surface area contributed by atoms with Gasteiger partial charge in [-0.25, -0.2) is 0 Å². The molecule has 1 aromatic heterocycles. The van der Waals surface area contributed by atoms with Crippen LogP contribution < -0.4 is 5.32 Å². The Balaban J connectivity index is 2.12. The highest BCUT2D eigenvalue weighted by molar-refractivity contribution is 6.29. The van der Waals surface area contributed by atoms with E-state index in [4.69, 9.17) is 11.6 Å². The van der Waals surface area contributed by atoms with Crippen LogP contribution in [0, 0.1) is 6.92 Å². The molecule has 4 nitrogen and oxygen atoms in total. The van der Waals surface area contributed by atoms with Gasteiger partial charge in [0.2, 0.25) is 5.91 Å². The van der Waals surface area contributed by atoms with Gasteiger partial charge in [0, 0.05) is 0 Å². The average Bonchev–Trinajstić information content (AvgIpc) is 2.48. The van der Waals surface area contributed by atoms with E-state index < -0.39 is 0 Å². The normalized spacial score (nSPS) is 16.1. The van der Waals surface area contributed by atoms with Crippen LogP contribution in [0.4, 0.5) is 5.69 Å². The average molecular weight is 228 g/mol. The lowest BCUT2D eigenvalue weighted by Gasteiger charge is -2.26. The number of anilines is 1. The standard InChI is InChI=1S/C10H14ClN3O/c1-7-9(13-10(15)5-11)6-12-14(7)8-3-2-4-8/h6,8H,2-5H2,1H3,(H,13,15). The molecule has 0 bridgehead atoms. The van der Waals surface area contributed by atoms with Crippen LogP contribution in [0.15, 0.2) is 6.20 Å². The van der Waals surface area contributed by atoms with Gasteiger partial charge >= 0.3 is 0 Å². The first kappa shape index (κ1) is 10.5. The molecule has 82 valence electrons. The molecule has 0 atom stereocenters. The number of nitrogens with zero attached hydrogens (tertiary/aromatic N) is 2. The maximum absolute atomic E-state index is 11.1. The van der Waals surface area contributed by atoms with Crippen LogP contribution in [0.2, 0.25) is 0 Å². The Bertz CT molecular complexity index is 371. The molecule has 0 aromatic carbocycles. The molecule has 1 aliphatic rings. The second-order valence-corrected chi connectivity index (χ2v) is 4.12. The maximum Gasteiger partial charge on any atom is 0.239 e. The third kappa shape index (κ3) is 2.00. The molecule has 0 saturated heterocycles. The minimum Gasteiger partial charge on any atom is -0.322 e. The first-order valence-electron chi connectivity index (χ1n) is 5.12. The summed E-state index contributed by atoms with van der Waals surface area (Å²) in [6.07, 6.45) is 5.34. The van der Waals surface area contributed by atoms with E-state index in [0.29, 0.717) is 6.04 Å². The van der Waals surface area contributed by atoms with Gasteiger partial charge in [0.05, 0.1) is 23.6 Å². The summed E-state index contributed by atoms with van der Waals surface area (Å²) in [5.41, 5.74) is 1.78. The first-order valence-corrected chi connectivity index (χ1v) is 5.65. The summed E-state index contributed by atoms with van der Waals surface area (Å²) < 4.78 is 1.99. The van der Waals surface area contributed by atoms with Crippen LogP contribution in [0.3, 0.4) is 0 Å². The van der Waals surface area contributed by atoms with E-state index in [2.05, 4.69) is 10.4 Å². The summed E-state index contributed by atoms with van der Waals surface area (Å²) in [5.74, 6) is -0.207. The highest BCUT2D eigenvalue weighted by Gasteiger charge is 2.22. The van der Waals surface area contributed by atoms with Gasteiger partial charge in [-0.3, -0.25) is 9.48 Å². The van der Waals surface area contributed by atoms with Crippen molar-refractivity contribution in [2.75, 3.05) is 11.2 Å². The zero-order valence-electron chi connectivity index (χ0n) is 8.66. The molecule has 1 saturated carbocycles. The van der Waals surface area contributed by atoms with Crippen LogP contribution in [0.1, 0.15) is 31.0 Å². The van der Waals surface area contributed by atoms with E-state index in [0.717, 1.165) is 11.4 Å². The van der Waals surface area contributed by atoms with Crippen molar-refractivity contribution < 1.29 is 4.79 Å². The summed E-state index contributed by atoms with van der Waals surface area (Å²) in [6, 6.07) is 0.520. The molecular formula is C10H14ClN3O. The predicted octanol–water partition coefficient (Wildman–Crippen LogP) is 2.09. The van der Waals surface area contributed by atoms with E-state index in [1.165, 1.54) is 19.3 Å². The van der Waals surface area contributed by atoms with E-state index >= 15 is 0 Å². The Hall–Kier alpha value is -1.03. The van der Waals surface area contributed by atoms with Crippen molar-refractivity contribution in [1.29, 1.82) is 0 Å². The maximum atomic E-state index is 11.1. The first-order chi connectivity index (χ1) is 7.22. The quantitative estimate of drug-likeness (QED) is 0.804. The number of hydrogen-bond donors (Lipinski definition) is 1. The number of carbonyl (C=O) groups excluding carboxylic acids is 1. The number of rotatable bonds is 3. The fraction of sp³-hybridized carbons (Fsp3) is 0.600. The molecule has 0 radical (unpaired) electrons. The minimum absolute atomic E-state index is 0.0198. The molecule has 0 spiro atoms. The third-order valence-corrected chi connectivity index (χ3v) is 3.10. The Morgan fingerprint density at radius 3 is 3.00 bits per heavy atom. The molecule has 1 aromatic rings. The summed E-state index contributed by atoms with van der Waals surface area (Å²) >= 11 is 5.42. The summed E-state index contributed by atoms with van der Waals surface area (Å²) in [6.45, 7) is 1.97. The van der Waals surface area contributed by atoms with Crippen LogP contribution in [-0.4, -0.2) is 21.6 Å². The fourth-order valence-corrected chi connectivity index (χ4v) is 1.80. The van der Waals surface area contributed by atoms with Crippen molar-refractivity contribution in [3.63, 3.8) is 0 Å². The summed E-state index contributed by atoms with van der Waals surface area (Å²) in [7, 11) is 0. The highest BCUT2D eigenvalue weighted by Crippen LogP contribution is 2.33. The molecule has 2 rings (SSSR count). The van der Waals surface area contributed by atoms with Crippen molar-refractivity contribution >= 4 is 23.2 Å². The van der Waals surface area contributed by atoms with E-state index in [9.17, 15) is 4.79 Å². The van der Waals surface area contributed by atoms with Crippen molar-refractivity contribution in [2.45, 2.75) is 32.2 Å². The molecule has 1 heterocycles. The third-order valence-electron chi connectivity index (χ3n) is 2.86. The van der Waals surface area contributed by atoms with Gasteiger partial charge in [-0.1, -0.05) is 0 Å². The number of halogens is 1. The number of alkyl halides is 1. The highest BCUT2D eigenvalue weighted by atomic mass is 35.5. The monoisotopic (exact) mass is 227 g/mol. The Morgan fingerprint density at radius 1 is 1.73 bits per heavy atom. The van der Waals surface area contributed by atoms with Crippen LogP contribution in [0.5, 0.6) is 0 Å². The second-order valence-electron chi connectivity index (χ2n) is 3.85. The van der Waals surface area contributed by atoms with Crippen LogP contribution >= 0.6 is 11.6 Å². The molecule has 1 N–H and O–H groups in total. The van der Waals surface area contributed by atoms with E-state index in [-0.39, 0.29) is 11.8 Å². The van der Waals surface area contributed by atoms with Gasteiger partial charge in [-0.15, -0.1) is 11.6 Å². The molecule has 1 amide bonds. The van der Waals surface area contributed by atoms with Crippen molar-refractivity contribution in [1.82, 2.24) is 9.78 Å². The lowest BCUT2D eigenvalue weighted by Crippen LogP contribution is -2.19. The van der Waals surface area contributed by atoms with Crippen molar-refractivity contribution in [3.8, 4) is 0 Å². The van der Waals surface area contributed by atoms with Crippen molar-refractivity contribution in [3.05, 3.63) is 11.9 Å². The number of hydrogen-bond acceptors (Lipinski definition) is 2. The number of aromatic nitrogens is 2. The number of amides is 1. The Morgan fingerprint density at radius 2 is 2.47 bits per heavy atom. The number of carbonyl (C=O) groups is 1. The van der Waals surface area contributed by atoms with Gasteiger partial charge in [-0.2, -0.15) is 5.10 Å². The van der Waals surface area contributed by atoms with Gasteiger partial charge in [0.1, 0.15) is 5.88 Å². The van der Waals surface area contributed by atoms with Crippen LogP contribution in [0.25, 0.3) is 0 Å². The molecule has 0 unspecified atom stereocenters.